The number of nitriles is 1. The fourth-order valence-corrected chi connectivity index (χ4v) is 4.28. The van der Waals surface area contributed by atoms with Crippen molar-refractivity contribution in [3.05, 3.63) is 94.9 Å². The average molecular weight is 504 g/mol. The lowest BCUT2D eigenvalue weighted by atomic mass is 10.0. The first-order valence-corrected chi connectivity index (χ1v) is 11.9. The Labute approximate surface area is 219 Å². The maximum atomic E-state index is 14.3. The van der Waals surface area contributed by atoms with Crippen LogP contribution in [0.15, 0.2) is 78.0 Å². The first-order chi connectivity index (χ1) is 18.4. The molecular weight excluding hydrogens is 478 g/mol. The number of pyridine rings is 1. The third-order valence-electron chi connectivity index (χ3n) is 6.16. The standard InChI is InChI=1S/C28H25N9O/c1-17(33-25-19(13-29)15-32-28(30)35-25)26-34-23-11-7-10-22(18-12-21(36(2)3)16-31-14-18)24(23)27(38)37(26)20-8-5-4-6-9-20/h4-12,14-17H,1-3H3,(H3,30,32,33,35)/t17-/m0/s1. The molecule has 2 aromatic carbocycles. The van der Waals surface area contributed by atoms with Gasteiger partial charge in [-0.25, -0.2) is 9.97 Å². The zero-order valence-electron chi connectivity index (χ0n) is 21.1. The summed E-state index contributed by atoms with van der Waals surface area (Å²) in [6.07, 6.45) is 4.88. The van der Waals surface area contributed by atoms with Crippen LogP contribution >= 0.6 is 0 Å². The highest BCUT2D eigenvalue weighted by molar-refractivity contribution is 5.94. The SMILES string of the molecule is C[C@H](Nc1nc(N)ncc1C#N)c1nc2cccc(-c3cncc(N(C)C)c3)c2c(=O)n1-c1ccccc1. The minimum atomic E-state index is -0.518. The molecule has 0 aliphatic heterocycles. The maximum Gasteiger partial charge on any atom is 0.266 e. The number of nitrogens with zero attached hydrogens (tertiary/aromatic N) is 7. The van der Waals surface area contributed by atoms with Gasteiger partial charge >= 0.3 is 0 Å². The highest BCUT2D eigenvalue weighted by Crippen LogP contribution is 2.30. The molecule has 3 aromatic heterocycles. The first-order valence-electron chi connectivity index (χ1n) is 11.9. The molecule has 10 heteroatoms. The molecule has 0 unspecified atom stereocenters. The molecule has 0 aliphatic rings. The summed E-state index contributed by atoms with van der Waals surface area (Å²) in [7, 11) is 3.88. The summed E-state index contributed by atoms with van der Waals surface area (Å²) in [6, 6.07) is 18.5. The van der Waals surface area contributed by atoms with Crippen molar-refractivity contribution in [2.24, 2.45) is 0 Å². The first kappa shape index (κ1) is 24.4. The smallest absolute Gasteiger partial charge is 0.266 e. The van der Waals surface area contributed by atoms with E-state index < -0.39 is 6.04 Å². The quantitative estimate of drug-likeness (QED) is 0.353. The van der Waals surface area contributed by atoms with Crippen molar-refractivity contribution < 1.29 is 0 Å². The predicted octanol–water partition coefficient (Wildman–Crippen LogP) is 3.93. The summed E-state index contributed by atoms with van der Waals surface area (Å²) >= 11 is 0. The molecule has 3 heterocycles. The molecule has 0 amide bonds. The van der Waals surface area contributed by atoms with Gasteiger partial charge in [0.1, 0.15) is 23.3 Å². The molecule has 0 radical (unpaired) electrons. The van der Waals surface area contributed by atoms with Crippen LogP contribution in [0.1, 0.15) is 24.4 Å². The molecule has 5 rings (SSSR count). The number of benzene rings is 2. The Balaban J connectivity index is 1.74. The maximum absolute atomic E-state index is 14.3. The normalized spacial score (nSPS) is 11.6. The summed E-state index contributed by atoms with van der Waals surface area (Å²) in [6.45, 7) is 1.85. The van der Waals surface area contributed by atoms with Gasteiger partial charge in [0.05, 0.1) is 40.7 Å². The van der Waals surface area contributed by atoms with Gasteiger partial charge in [0.15, 0.2) is 0 Å². The molecule has 10 nitrogen and oxygen atoms in total. The van der Waals surface area contributed by atoms with Crippen LogP contribution in [0, 0.1) is 11.3 Å². The van der Waals surface area contributed by atoms with Crippen molar-refractivity contribution >= 4 is 28.4 Å². The number of rotatable bonds is 6. The molecule has 0 spiro atoms. The zero-order valence-corrected chi connectivity index (χ0v) is 21.1. The average Bonchev–Trinajstić information content (AvgIpc) is 2.93. The fraction of sp³-hybridized carbons (Fsp3) is 0.143. The number of hydrogen-bond acceptors (Lipinski definition) is 9. The lowest BCUT2D eigenvalue weighted by molar-refractivity contribution is 0.731. The summed E-state index contributed by atoms with van der Waals surface area (Å²) < 4.78 is 1.59. The van der Waals surface area contributed by atoms with E-state index in [0.717, 1.165) is 16.8 Å². The third kappa shape index (κ3) is 4.49. The van der Waals surface area contributed by atoms with E-state index in [0.29, 0.717) is 22.4 Å². The lowest BCUT2D eigenvalue weighted by Gasteiger charge is -2.21. The highest BCUT2D eigenvalue weighted by atomic mass is 16.1. The number of fused-ring (bicyclic) bond motifs is 1. The van der Waals surface area contributed by atoms with E-state index in [2.05, 4.69) is 26.3 Å². The van der Waals surface area contributed by atoms with Crippen molar-refractivity contribution in [2.45, 2.75) is 13.0 Å². The van der Waals surface area contributed by atoms with Gasteiger partial charge in [-0.3, -0.25) is 14.3 Å². The number of aromatic nitrogens is 5. The van der Waals surface area contributed by atoms with E-state index in [1.165, 1.54) is 6.20 Å². The molecular formula is C28H25N9O. The van der Waals surface area contributed by atoms with Crippen LogP contribution in [0.3, 0.4) is 0 Å². The predicted molar refractivity (Wildman–Crippen MR) is 148 cm³/mol. The van der Waals surface area contributed by atoms with Gasteiger partial charge in [-0.1, -0.05) is 30.3 Å². The molecule has 0 saturated heterocycles. The molecule has 188 valence electrons. The van der Waals surface area contributed by atoms with E-state index in [1.807, 2.05) is 80.5 Å². The van der Waals surface area contributed by atoms with Crippen molar-refractivity contribution in [1.29, 1.82) is 5.26 Å². The number of anilines is 3. The molecule has 0 bridgehead atoms. The van der Waals surface area contributed by atoms with Gasteiger partial charge in [-0.15, -0.1) is 0 Å². The zero-order chi connectivity index (χ0) is 26.8. The van der Waals surface area contributed by atoms with Crippen LogP contribution in [0.2, 0.25) is 0 Å². The van der Waals surface area contributed by atoms with Crippen molar-refractivity contribution in [3.63, 3.8) is 0 Å². The van der Waals surface area contributed by atoms with Crippen molar-refractivity contribution in [2.75, 3.05) is 30.0 Å². The molecule has 1 atom stereocenters. The Kier molecular flexibility index (Phi) is 6.41. The Morgan fingerprint density at radius 3 is 2.58 bits per heavy atom. The Morgan fingerprint density at radius 2 is 1.84 bits per heavy atom. The van der Waals surface area contributed by atoms with E-state index in [1.54, 1.807) is 17.0 Å². The van der Waals surface area contributed by atoms with Crippen molar-refractivity contribution in [1.82, 2.24) is 24.5 Å². The van der Waals surface area contributed by atoms with Crippen LogP contribution in [-0.4, -0.2) is 38.6 Å². The van der Waals surface area contributed by atoms with E-state index >= 15 is 0 Å². The van der Waals surface area contributed by atoms with Crippen molar-refractivity contribution in [3.8, 4) is 22.9 Å². The molecule has 0 saturated carbocycles. The van der Waals surface area contributed by atoms with E-state index in [9.17, 15) is 10.1 Å². The molecule has 0 fully saturated rings. The monoisotopic (exact) mass is 503 g/mol. The molecule has 0 aliphatic carbocycles. The Morgan fingerprint density at radius 1 is 1.05 bits per heavy atom. The van der Waals surface area contributed by atoms with E-state index in [-0.39, 0.29) is 22.9 Å². The summed E-state index contributed by atoms with van der Waals surface area (Å²) in [4.78, 5) is 33.6. The van der Waals surface area contributed by atoms with Gasteiger partial charge in [-0.05, 0) is 36.8 Å². The molecule has 5 aromatic rings. The second kappa shape index (κ2) is 9.99. The van der Waals surface area contributed by atoms with Gasteiger partial charge in [0.2, 0.25) is 5.95 Å². The number of nitrogens with one attached hydrogen (secondary N) is 1. The minimum Gasteiger partial charge on any atom is -0.376 e. The molecule has 3 N–H and O–H groups in total. The summed E-state index contributed by atoms with van der Waals surface area (Å²) in [5.41, 5.74) is 9.45. The van der Waals surface area contributed by atoms with Crippen LogP contribution in [0.25, 0.3) is 27.7 Å². The summed E-state index contributed by atoms with van der Waals surface area (Å²) in [5, 5.41) is 13.2. The number of para-hydroxylation sites is 1. The van der Waals surface area contributed by atoms with Crippen LogP contribution in [-0.2, 0) is 0 Å². The van der Waals surface area contributed by atoms with Gasteiger partial charge in [-0.2, -0.15) is 10.2 Å². The number of hydrogen-bond donors (Lipinski definition) is 2. The largest absolute Gasteiger partial charge is 0.376 e. The topological polar surface area (TPSA) is 139 Å². The van der Waals surface area contributed by atoms with Crippen LogP contribution < -0.4 is 21.5 Å². The van der Waals surface area contributed by atoms with Gasteiger partial charge in [0, 0.05) is 25.9 Å². The third-order valence-corrected chi connectivity index (χ3v) is 6.16. The molecule has 38 heavy (non-hydrogen) atoms. The van der Waals surface area contributed by atoms with Gasteiger partial charge in [0.25, 0.3) is 5.56 Å². The van der Waals surface area contributed by atoms with Gasteiger partial charge < -0.3 is 16.0 Å². The van der Waals surface area contributed by atoms with Crippen LogP contribution in [0.4, 0.5) is 17.5 Å². The second-order valence-electron chi connectivity index (χ2n) is 8.94. The van der Waals surface area contributed by atoms with Crippen LogP contribution in [0.5, 0.6) is 0 Å². The Hall–Kier alpha value is -5.30. The minimum absolute atomic E-state index is 0.0313. The Bertz CT molecular complexity index is 1740. The summed E-state index contributed by atoms with van der Waals surface area (Å²) in [5.74, 6) is 0.748. The fourth-order valence-electron chi connectivity index (χ4n) is 4.28. The highest BCUT2D eigenvalue weighted by Gasteiger charge is 2.21. The number of nitrogen functional groups attached to an aromatic ring is 1. The second-order valence-corrected chi connectivity index (χ2v) is 8.94. The lowest BCUT2D eigenvalue weighted by Crippen LogP contribution is -2.28. The van der Waals surface area contributed by atoms with E-state index in [4.69, 9.17) is 10.7 Å². The number of nitrogens with two attached hydrogens (primary N) is 1.